The van der Waals surface area contributed by atoms with Gasteiger partial charge in [-0.1, -0.05) is 13.8 Å². The zero-order valence-corrected chi connectivity index (χ0v) is 11.5. The van der Waals surface area contributed by atoms with Crippen molar-refractivity contribution in [2.24, 2.45) is 0 Å². The average Bonchev–Trinajstić information content (AvgIpc) is 2.44. The molecule has 0 radical (unpaired) electrons. The van der Waals surface area contributed by atoms with Crippen molar-refractivity contribution in [3.63, 3.8) is 0 Å². The van der Waals surface area contributed by atoms with Crippen LogP contribution in [-0.2, 0) is 0 Å². The van der Waals surface area contributed by atoms with Crippen molar-refractivity contribution in [1.29, 1.82) is 0 Å². The number of ether oxygens (including phenoxy) is 1. The molecule has 106 valence electrons. The summed E-state index contributed by atoms with van der Waals surface area (Å²) in [4.78, 5) is 11.8. The molecule has 1 rings (SSSR count). The van der Waals surface area contributed by atoms with Gasteiger partial charge >= 0.3 is 0 Å². The van der Waals surface area contributed by atoms with Gasteiger partial charge in [-0.05, 0) is 25.0 Å². The van der Waals surface area contributed by atoms with Crippen LogP contribution in [0.5, 0.6) is 5.75 Å². The summed E-state index contributed by atoms with van der Waals surface area (Å²) in [6.45, 7) is 3.78. The first-order valence-corrected chi connectivity index (χ1v) is 6.30. The number of amides is 1. The van der Waals surface area contributed by atoms with E-state index in [-0.39, 0.29) is 12.1 Å². The standard InChI is InChI=1S/C14H20FNO3/c1-4-14(18,5-2)9-16-13(17)11-7-6-10(19-3)8-12(11)15/h6-8,18H,4-5,9H2,1-3H3,(H,16,17). The maximum absolute atomic E-state index is 13.7. The maximum Gasteiger partial charge on any atom is 0.254 e. The Kier molecular flexibility index (Phi) is 5.30. The van der Waals surface area contributed by atoms with Crippen LogP contribution in [0, 0.1) is 5.82 Å². The molecule has 1 aromatic carbocycles. The Hall–Kier alpha value is -1.62. The Labute approximate surface area is 112 Å². The van der Waals surface area contributed by atoms with Gasteiger partial charge in [0, 0.05) is 12.6 Å². The number of methoxy groups -OCH3 is 1. The highest BCUT2D eigenvalue weighted by Crippen LogP contribution is 2.17. The van der Waals surface area contributed by atoms with Crippen LogP contribution in [0.25, 0.3) is 0 Å². The zero-order valence-electron chi connectivity index (χ0n) is 11.5. The summed E-state index contributed by atoms with van der Waals surface area (Å²) in [5, 5.41) is 12.6. The van der Waals surface area contributed by atoms with E-state index in [1.807, 2.05) is 13.8 Å². The number of hydrogen-bond donors (Lipinski definition) is 2. The van der Waals surface area contributed by atoms with Crippen LogP contribution in [0.15, 0.2) is 18.2 Å². The third-order valence-corrected chi connectivity index (χ3v) is 3.32. The van der Waals surface area contributed by atoms with Gasteiger partial charge in [0.2, 0.25) is 0 Å². The highest BCUT2D eigenvalue weighted by molar-refractivity contribution is 5.94. The van der Waals surface area contributed by atoms with E-state index in [1.165, 1.54) is 19.2 Å². The molecule has 0 bridgehead atoms. The molecule has 0 aromatic heterocycles. The Morgan fingerprint density at radius 1 is 1.42 bits per heavy atom. The van der Waals surface area contributed by atoms with Gasteiger partial charge in [0.25, 0.3) is 5.91 Å². The van der Waals surface area contributed by atoms with Gasteiger partial charge in [0.1, 0.15) is 11.6 Å². The summed E-state index contributed by atoms with van der Waals surface area (Å²) in [7, 11) is 1.43. The Morgan fingerprint density at radius 2 is 2.05 bits per heavy atom. The SMILES string of the molecule is CCC(O)(CC)CNC(=O)c1ccc(OC)cc1F. The molecule has 1 amide bonds. The van der Waals surface area contributed by atoms with E-state index in [1.54, 1.807) is 0 Å². The molecule has 0 atom stereocenters. The lowest BCUT2D eigenvalue weighted by atomic mass is 9.97. The maximum atomic E-state index is 13.7. The van der Waals surface area contributed by atoms with E-state index < -0.39 is 17.3 Å². The minimum atomic E-state index is -0.946. The molecule has 4 nitrogen and oxygen atoms in total. The Bertz CT molecular complexity index is 444. The normalized spacial score (nSPS) is 11.2. The number of nitrogens with one attached hydrogen (secondary N) is 1. The quantitative estimate of drug-likeness (QED) is 0.831. The van der Waals surface area contributed by atoms with Crippen LogP contribution in [0.3, 0.4) is 0 Å². The van der Waals surface area contributed by atoms with Gasteiger partial charge in [0.15, 0.2) is 0 Å². The van der Waals surface area contributed by atoms with Crippen molar-refractivity contribution < 1.29 is 19.0 Å². The smallest absolute Gasteiger partial charge is 0.254 e. The number of carbonyl (C=O) groups excluding carboxylic acids is 1. The van der Waals surface area contributed by atoms with E-state index in [9.17, 15) is 14.3 Å². The molecule has 0 aliphatic rings. The molecule has 0 spiro atoms. The highest BCUT2D eigenvalue weighted by atomic mass is 19.1. The predicted octanol–water partition coefficient (Wildman–Crippen LogP) is 2.12. The highest BCUT2D eigenvalue weighted by Gasteiger charge is 2.23. The molecule has 19 heavy (non-hydrogen) atoms. The van der Waals surface area contributed by atoms with Crippen LogP contribution in [0.4, 0.5) is 4.39 Å². The summed E-state index contributed by atoms with van der Waals surface area (Å²) in [6.07, 6.45) is 1.05. The van der Waals surface area contributed by atoms with Crippen LogP contribution >= 0.6 is 0 Å². The first kappa shape index (κ1) is 15.4. The first-order valence-electron chi connectivity index (χ1n) is 6.30. The van der Waals surface area contributed by atoms with Crippen LogP contribution < -0.4 is 10.1 Å². The minimum absolute atomic E-state index is 0.0599. The van der Waals surface area contributed by atoms with Gasteiger partial charge in [-0.25, -0.2) is 4.39 Å². The summed E-state index contributed by atoms with van der Waals surface area (Å²) >= 11 is 0. The summed E-state index contributed by atoms with van der Waals surface area (Å²) < 4.78 is 18.5. The van der Waals surface area contributed by atoms with E-state index >= 15 is 0 Å². The molecule has 0 fully saturated rings. The van der Waals surface area contributed by atoms with Crippen molar-refractivity contribution in [2.75, 3.05) is 13.7 Å². The minimum Gasteiger partial charge on any atom is -0.497 e. The van der Waals surface area contributed by atoms with E-state index in [0.717, 1.165) is 6.07 Å². The van der Waals surface area contributed by atoms with Crippen molar-refractivity contribution in [3.8, 4) is 5.75 Å². The molecular weight excluding hydrogens is 249 g/mol. The lowest BCUT2D eigenvalue weighted by Gasteiger charge is -2.25. The van der Waals surface area contributed by atoms with Gasteiger partial charge in [-0.2, -0.15) is 0 Å². The monoisotopic (exact) mass is 269 g/mol. The van der Waals surface area contributed by atoms with Crippen molar-refractivity contribution >= 4 is 5.91 Å². The second-order valence-electron chi connectivity index (χ2n) is 4.46. The predicted molar refractivity (Wildman–Crippen MR) is 70.8 cm³/mol. The molecule has 0 unspecified atom stereocenters. The van der Waals surface area contributed by atoms with E-state index in [2.05, 4.69) is 5.32 Å². The molecule has 2 N–H and O–H groups in total. The summed E-state index contributed by atoms with van der Waals surface area (Å²) in [5.74, 6) is -0.832. The van der Waals surface area contributed by atoms with Crippen molar-refractivity contribution in [1.82, 2.24) is 5.32 Å². The number of carbonyl (C=O) groups is 1. The fourth-order valence-corrected chi connectivity index (χ4v) is 1.65. The van der Waals surface area contributed by atoms with Crippen LogP contribution in [0.2, 0.25) is 0 Å². The average molecular weight is 269 g/mol. The second kappa shape index (κ2) is 6.52. The van der Waals surface area contributed by atoms with E-state index in [0.29, 0.717) is 18.6 Å². The molecular formula is C14H20FNO3. The number of benzene rings is 1. The van der Waals surface area contributed by atoms with Gasteiger partial charge in [-0.3, -0.25) is 4.79 Å². The molecule has 0 aliphatic heterocycles. The lowest BCUT2D eigenvalue weighted by Crippen LogP contribution is -2.42. The molecule has 0 saturated heterocycles. The number of aliphatic hydroxyl groups is 1. The van der Waals surface area contributed by atoms with Crippen molar-refractivity contribution in [3.05, 3.63) is 29.6 Å². The first-order chi connectivity index (χ1) is 8.95. The number of hydrogen-bond acceptors (Lipinski definition) is 3. The fraction of sp³-hybridized carbons (Fsp3) is 0.500. The van der Waals surface area contributed by atoms with Crippen LogP contribution in [0.1, 0.15) is 37.0 Å². The topological polar surface area (TPSA) is 58.6 Å². The van der Waals surface area contributed by atoms with Crippen molar-refractivity contribution in [2.45, 2.75) is 32.3 Å². The molecule has 1 aromatic rings. The van der Waals surface area contributed by atoms with Gasteiger partial charge in [0.05, 0.1) is 18.3 Å². The number of halogens is 1. The largest absolute Gasteiger partial charge is 0.497 e. The molecule has 5 heteroatoms. The fourth-order valence-electron chi connectivity index (χ4n) is 1.65. The zero-order chi connectivity index (χ0) is 14.5. The second-order valence-corrected chi connectivity index (χ2v) is 4.46. The third-order valence-electron chi connectivity index (χ3n) is 3.32. The van der Waals surface area contributed by atoms with Crippen LogP contribution in [-0.4, -0.2) is 30.3 Å². The van der Waals surface area contributed by atoms with Gasteiger partial charge < -0.3 is 15.2 Å². The Balaban J connectivity index is 2.74. The Morgan fingerprint density at radius 3 is 2.53 bits per heavy atom. The third kappa shape index (κ3) is 3.92. The summed E-state index contributed by atoms with van der Waals surface area (Å²) in [5.41, 5.74) is -1.01. The lowest BCUT2D eigenvalue weighted by molar-refractivity contribution is 0.0313. The summed E-state index contributed by atoms with van der Waals surface area (Å²) in [6, 6.07) is 4.03. The molecule has 0 heterocycles. The number of rotatable bonds is 6. The van der Waals surface area contributed by atoms with Gasteiger partial charge in [-0.15, -0.1) is 0 Å². The molecule has 0 saturated carbocycles. The molecule has 0 aliphatic carbocycles. The van der Waals surface area contributed by atoms with E-state index in [4.69, 9.17) is 4.74 Å².